The van der Waals surface area contributed by atoms with Crippen LogP contribution in [0, 0.1) is 5.92 Å². The molecule has 1 heterocycles. The van der Waals surface area contributed by atoms with Crippen LogP contribution in [0.2, 0.25) is 0 Å². The summed E-state index contributed by atoms with van der Waals surface area (Å²) in [7, 11) is 0. The molecule has 1 aliphatic carbocycles. The second-order valence-electron chi connectivity index (χ2n) is 9.41. The third-order valence-corrected chi connectivity index (χ3v) is 6.71. The zero-order valence-corrected chi connectivity index (χ0v) is 20.5. The van der Waals surface area contributed by atoms with Crippen LogP contribution in [0.4, 0.5) is 4.79 Å². The molecule has 2 aromatic carbocycles. The van der Waals surface area contributed by atoms with Crippen molar-refractivity contribution in [1.82, 2.24) is 10.4 Å². The van der Waals surface area contributed by atoms with Crippen LogP contribution in [0.1, 0.15) is 62.5 Å². The molecule has 36 heavy (non-hydrogen) atoms. The van der Waals surface area contributed by atoms with Gasteiger partial charge in [0, 0.05) is 6.42 Å². The molecule has 0 unspecified atom stereocenters. The Labute approximate surface area is 211 Å². The van der Waals surface area contributed by atoms with E-state index in [0.29, 0.717) is 5.92 Å². The maximum atomic E-state index is 13.3. The highest BCUT2D eigenvalue weighted by molar-refractivity contribution is 5.81. The Kier molecular flexibility index (Phi) is 9.33. The maximum absolute atomic E-state index is 13.3. The molecule has 4 rings (SSSR count). The fourth-order valence-corrected chi connectivity index (χ4v) is 4.74. The van der Waals surface area contributed by atoms with Crippen molar-refractivity contribution in [1.29, 1.82) is 0 Å². The van der Waals surface area contributed by atoms with Crippen LogP contribution >= 0.6 is 0 Å². The van der Waals surface area contributed by atoms with E-state index in [1.54, 1.807) is 0 Å². The number of rotatable bonds is 9. The smallest absolute Gasteiger partial charge is 0.426 e. The highest BCUT2D eigenvalue weighted by Gasteiger charge is 2.43. The fraction of sp³-hybridized carbons (Fsp3) is 0.464. The van der Waals surface area contributed by atoms with Gasteiger partial charge in [-0.1, -0.05) is 92.8 Å². The zero-order chi connectivity index (χ0) is 25.2. The first kappa shape index (κ1) is 25.7. The lowest BCUT2D eigenvalue weighted by Gasteiger charge is -2.31. The average Bonchev–Trinajstić information content (AvgIpc) is 3.29. The monoisotopic (exact) mass is 494 g/mol. The van der Waals surface area contributed by atoms with Crippen LogP contribution in [0.25, 0.3) is 0 Å². The van der Waals surface area contributed by atoms with E-state index in [4.69, 9.17) is 14.2 Å². The Balaban J connectivity index is 1.42. The number of ether oxygens (including phenoxy) is 3. The standard InChI is InChI=1S/C28H34N2O6/c31-25(17-16-21-10-4-1-5-11-21)30(29-28(33)35-20-23-14-8-3-9-15-23)24-18-26(32)36-27(24)34-19-22-12-6-2-7-13-22/h2-3,6-9,12-15,21,24,27H,1,4-5,10-11,16-20H2,(H,29,33)/t24-,27-/m0/s1. The van der Waals surface area contributed by atoms with Crippen LogP contribution in [0.15, 0.2) is 60.7 Å². The number of nitrogens with one attached hydrogen (secondary N) is 1. The highest BCUT2D eigenvalue weighted by Crippen LogP contribution is 2.28. The molecule has 1 aliphatic heterocycles. The number of carbonyl (C=O) groups is 3. The number of carbonyl (C=O) groups excluding carboxylic acids is 3. The van der Waals surface area contributed by atoms with Crippen molar-refractivity contribution in [3.8, 4) is 0 Å². The summed E-state index contributed by atoms with van der Waals surface area (Å²) < 4.78 is 16.6. The van der Waals surface area contributed by atoms with Gasteiger partial charge in [0.05, 0.1) is 13.0 Å². The third kappa shape index (κ3) is 7.55. The van der Waals surface area contributed by atoms with Gasteiger partial charge in [-0.2, -0.15) is 0 Å². The molecule has 2 aromatic rings. The van der Waals surface area contributed by atoms with Crippen molar-refractivity contribution < 1.29 is 28.6 Å². The molecule has 2 amide bonds. The molecular formula is C28H34N2O6. The summed E-state index contributed by atoms with van der Waals surface area (Å²) in [5.74, 6) is -0.266. The van der Waals surface area contributed by atoms with Gasteiger partial charge in [0.2, 0.25) is 12.2 Å². The van der Waals surface area contributed by atoms with Gasteiger partial charge in [-0.15, -0.1) is 0 Å². The SMILES string of the molecule is O=C1C[C@H](N(NC(=O)OCc2ccccc2)C(=O)CCC2CCCCC2)[C@@H](OCc2ccccc2)O1. The Morgan fingerprint density at radius 2 is 1.56 bits per heavy atom. The summed E-state index contributed by atoms with van der Waals surface area (Å²) in [4.78, 5) is 38.2. The summed E-state index contributed by atoms with van der Waals surface area (Å²) in [6.45, 7) is 0.267. The molecular weight excluding hydrogens is 460 g/mol. The molecule has 1 saturated heterocycles. The van der Waals surface area contributed by atoms with Crippen molar-refractivity contribution >= 4 is 18.0 Å². The van der Waals surface area contributed by atoms with E-state index in [2.05, 4.69) is 5.43 Å². The largest absolute Gasteiger partial charge is 0.443 e. The minimum atomic E-state index is -0.995. The van der Waals surface area contributed by atoms with Crippen LogP contribution in [-0.2, 0) is 37.0 Å². The maximum Gasteiger partial charge on any atom is 0.426 e. The number of cyclic esters (lactones) is 1. The summed E-state index contributed by atoms with van der Waals surface area (Å²) in [6.07, 6.45) is 5.02. The minimum Gasteiger partial charge on any atom is -0.443 e. The molecule has 0 spiro atoms. The first-order valence-electron chi connectivity index (χ1n) is 12.7. The van der Waals surface area contributed by atoms with Crippen molar-refractivity contribution in [2.24, 2.45) is 5.92 Å². The Hall–Kier alpha value is -3.39. The lowest BCUT2D eigenvalue weighted by Crippen LogP contribution is -2.55. The van der Waals surface area contributed by atoms with E-state index in [9.17, 15) is 14.4 Å². The summed E-state index contributed by atoms with van der Waals surface area (Å²) in [6, 6.07) is 18.0. The van der Waals surface area contributed by atoms with Gasteiger partial charge in [-0.05, 0) is 23.5 Å². The molecule has 0 bridgehead atoms. The van der Waals surface area contributed by atoms with Gasteiger partial charge in [-0.25, -0.2) is 15.2 Å². The zero-order valence-electron chi connectivity index (χ0n) is 20.5. The number of amides is 2. The first-order chi connectivity index (χ1) is 17.6. The lowest BCUT2D eigenvalue weighted by atomic mass is 9.86. The number of benzene rings is 2. The molecule has 1 N–H and O–H groups in total. The fourth-order valence-electron chi connectivity index (χ4n) is 4.74. The van der Waals surface area contributed by atoms with Gasteiger partial charge in [-0.3, -0.25) is 9.59 Å². The molecule has 8 heteroatoms. The van der Waals surface area contributed by atoms with Gasteiger partial charge in [0.1, 0.15) is 12.6 Å². The van der Waals surface area contributed by atoms with Crippen molar-refractivity contribution in [2.75, 3.05) is 0 Å². The van der Waals surface area contributed by atoms with Crippen LogP contribution in [0.5, 0.6) is 0 Å². The predicted molar refractivity (Wildman–Crippen MR) is 132 cm³/mol. The number of esters is 1. The minimum absolute atomic E-state index is 0.0603. The van der Waals surface area contributed by atoms with E-state index in [-0.39, 0.29) is 32.0 Å². The van der Waals surface area contributed by atoms with Crippen molar-refractivity contribution in [2.45, 2.75) is 76.9 Å². The summed E-state index contributed by atoms with van der Waals surface area (Å²) in [5, 5.41) is 1.19. The van der Waals surface area contributed by atoms with E-state index in [1.165, 1.54) is 24.3 Å². The summed E-state index contributed by atoms with van der Waals surface area (Å²) >= 11 is 0. The predicted octanol–water partition coefficient (Wildman–Crippen LogP) is 4.88. The Morgan fingerprint density at radius 1 is 0.917 bits per heavy atom. The second-order valence-corrected chi connectivity index (χ2v) is 9.41. The quantitative estimate of drug-likeness (QED) is 0.395. The lowest BCUT2D eigenvalue weighted by molar-refractivity contribution is -0.177. The first-order valence-corrected chi connectivity index (χ1v) is 12.7. The molecule has 8 nitrogen and oxygen atoms in total. The van der Waals surface area contributed by atoms with Gasteiger partial charge in [0.25, 0.3) is 0 Å². The van der Waals surface area contributed by atoms with E-state index < -0.39 is 24.4 Å². The number of nitrogens with zero attached hydrogens (tertiary/aromatic N) is 1. The third-order valence-electron chi connectivity index (χ3n) is 6.71. The molecule has 2 fully saturated rings. The highest BCUT2D eigenvalue weighted by atomic mass is 16.7. The van der Waals surface area contributed by atoms with Gasteiger partial charge >= 0.3 is 12.1 Å². The van der Waals surface area contributed by atoms with Gasteiger partial charge < -0.3 is 14.2 Å². The van der Waals surface area contributed by atoms with Crippen molar-refractivity contribution in [3.63, 3.8) is 0 Å². The average molecular weight is 495 g/mol. The molecule has 0 aromatic heterocycles. The topological polar surface area (TPSA) is 94.2 Å². The Bertz CT molecular complexity index is 994. The molecule has 2 aliphatic rings. The number of hydrazine groups is 1. The van der Waals surface area contributed by atoms with Crippen LogP contribution in [0.3, 0.4) is 0 Å². The van der Waals surface area contributed by atoms with E-state index >= 15 is 0 Å². The summed E-state index contributed by atoms with van der Waals surface area (Å²) in [5.41, 5.74) is 4.31. The van der Waals surface area contributed by atoms with E-state index in [1.807, 2.05) is 60.7 Å². The van der Waals surface area contributed by atoms with Crippen LogP contribution < -0.4 is 5.43 Å². The van der Waals surface area contributed by atoms with Gasteiger partial charge in [0.15, 0.2) is 0 Å². The normalized spacial score (nSPS) is 19.9. The molecule has 1 saturated carbocycles. The molecule has 0 radical (unpaired) electrons. The number of hydrogen-bond donors (Lipinski definition) is 1. The Morgan fingerprint density at radius 3 is 2.22 bits per heavy atom. The number of hydrogen-bond acceptors (Lipinski definition) is 6. The van der Waals surface area contributed by atoms with Crippen LogP contribution in [-0.4, -0.2) is 35.3 Å². The molecule has 2 atom stereocenters. The van der Waals surface area contributed by atoms with E-state index in [0.717, 1.165) is 30.4 Å². The second kappa shape index (κ2) is 13.1. The van der Waals surface area contributed by atoms with Crippen molar-refractivity contribution in [3.05, 3.63) is 71.8 Å². The molecule has 192 valence electrons.